The average molecular weight is 252 g/mol. The summed E-state index contributed by atoms with van der Waals surface area (Å²) in [4.78, 5) is 4.12. The lowest BCUT2D eigenvalue weighted by Gasteiger charge is -2.00. The third-order valence-electron chi connectivity index (χ3n) is 2.14. The van der Waals surface area contributed by atoms with Gasteiger partial charge in [-0.1, -0.05) is 18.1 Å². The quantitative estimate of drug-likeness (QED) is 0.869. The van der Waals surface area contributed by atoms with Crippen molar-refractivity contribution in [3.8, 4) is 23.0 Å². The second-order valence-electron chi connectivity index (χ2n) is 3.32. The Labute approximate surface area is 102 Å². The number of aromatic hydroxyl groups is 2. The molecule has 90 valence electrons. The van der Waals surface area contributed by atoms with E-state index in [4.69, 9.17) is 4.52 Å². The predicted octanol–water partition coefficient (Wildman–Crippen LogP) is 2.40. The van der Waals surface area contributed by atoms with Crippen molar-refractivity contribution >= 4 is 11.8 Å². The number of nitrogens with zero attached hydrogens (tertiary/aromatic N) is 2. The fraction of sp³-hybridized carbons (Fsp3) is 0.273. The van der Waals surface area contributed by atoms with Gasteiger partial charge in [0.25, 0.3) is 5.89 Å². The van der Waals surface area contributed by atoms with Gasteiger partial charge in [0.15, 0.2) is 5.82 Å². The number of aromatic nitrogens is 2. The molecule has 0 fully saturated rings. The summed E-state index contributed by atoms with van der Waals surface area (Å²) in [6.07, 6.45) is 0. The highest BCUT2D eigenvalue weighted by molar-refractivity contribution is 7.98. The van der Waals surface area contributed by atoms with Gasteiger partial charge in [-0.3, -0.25) is 0 Å². The van der Waals surface area contributed by atoms with Gasteiger partial charge < -0.3 is 14.7 Å². The lowest BCUT2D eigenvalue weighted by atomic mass is 10.2. The lowest BCUT2D eigenvalue weighted by molar-refractivity contribution is 0.411. The minimum atomic E-state index is -0.0802. The molecule has 1 heterocycles. The fourth-order valence-corrected chi connectivity index (χ4v) is 1.86. The Kier molecular flexibility index (Phi) is 3.53. The number of phenols is 2. The van der Waals surface area contributed by atoms with Crippen molar-refractivity contribution < 1.29 is 14.7 Å². The first-order chi connectivity index (χ1) is 8.22. The van der Waals surface area contributed by atoms with Crippen LogP contribution in [0.15, 0.2) is 22.7 Å². The Morgan fingerprint density at radius 3 is 2.65 bits per heavy atom. The normalized spacial score (nSPS) is 10.6. The Hall–Kier alpha value is -1.69. The summed E-state index contributed by atoms with van der Waals surface area (Å²) < 4.78 is 5.01. The molecule has 2 N–H and O–H groups in total. The highest BCUT2D eigenvalue weighted by atomic mass is 32.2. The van der Waals surface area contributed by atoms with Crippen molar-refractivity contribution in [3.63, 3.8) is 0 Å². The van der Waals surface area contributed by atoms with Gasteiger partial charge in [-0.2, -0.15) is 16.7 Å². The molecule has 5 nitrogen and oxygen atoms in total. The molecule has 1 aromatic heterocycles. The number of phenolic OH excluding ortho intramolecular Hbond substituents is 2. The zero-order valence-electron chi connectivity index (χ0n) is 9.25. The van der Waals surface area contributed by atoms with Gasteiger partial charge in [0.2, 0.25) is 0 Å². The second kappa shape index (κ2) is 5.09. The molecule has 0 spiro atoms. The Bertz CT molecular complexity index is 493. The zero-order valence-corrected chi connectivity index (χ0v) is 10.1. The Balaban J connectivity index is 2.30. The molecule has 0 atom stereocenters. The summed E-state index contributed by atoms with van der Waals surface area (Å²) in [6, 6.07) is 4.46. The number of rotatable bonds is 4. The van der Waals surface area contributed by atoms with Gasteiger partial charge in [-0.15, -0.1) is 0 Å². The first-order valence-electron chi connectivity index (χ1n) is 5.14. The number of thioether (sulfide) groups is 1. The van der Waals surface area contributed by atoms with E-state index in [0.717, 1.165) is 5.75 Å². The molecule has 0 aliphatic carbocycles. The molecule has 0 bridgehead atoms. The molecular weight excluding hydrogens is 240 g/mol. The van der Waals surface area contributed by atoms with Crippen LogP contribution in [0, 0.1) is 0 Å². The maximum Gasteiger partial charge on any atom is 0.265 e. The summed E-state index contributed by atoms with van der Waals surface area (Å²) in [6.45, 7) is 2.04. The molecular formula is C11H12N2O3S. The van der Waals surface area contributed by atoms with E-state index in [0.29, 0.717) is 11.6 Å². The molecule has 0 saturated heterocycles. The highest BCUT2D eigenvalue weighted by Crippen LogP contribution is 2.35. The molecule has 17 heavy (non-hydrogen) atoms. The largest absolute Gasteiger partial charge is 0.507 e. The molecule has 0 amide bonds. The van der Waals surface area contributed by atoms with Gasteiger partial charge in [0.05, 0.1) is 5.75 Å². The van der Waals surface area contributed by atoms with Crippen molar-refractivity contribution in [2.75, 3.05) is 5.75 Å². The average Bonchev–Trinajstić information content (AvgIpc) is 2.75. The second-order valence-corrected chi connectivity index (χ2v) is 4.60. The zero-order chi connectivity index (χ0) is 12.3. The molecule has 0 radical (unpaired) electrons. The highest BCUT2D eigenvalue weighted by Gasteiger charge is 2.16. The third kappa shape index (κ3) is 2.52. The third-order valence-corrected chi connectivity index (χ3v) is 3.01. The van der Waals surface area contributed by atoms with E-state index >= 15 is 0 Å². The standard InChI is InChI=1S/C11H12N2O3S/c1-2-17-6-9-12-11(16-13-9)10-7(14)4-3-5-8(10)15/h3-5,14-15H,2,6H2,1H3. The van der Waals surface area contributed by atoms with E-state index in [1.807, 2.05) is 6.92 Å². The van der Waals surface area contributed by atoms with Crippen molar-refractivity contribution in [1.29, 1.82) is 0 Å². The Morgan fingerprint density at radius 1 is 1.29 bits per heavy atom. The van der Waals surface area contributed by atoms with Crippen molar-refractivity contribution in [2.24, 2.45) is 0 Å². The first-order valence-corrected chi connectivity index (χ1v) is 6.29. The van der Waals surface area contributed by atoms with Crippen LogP contribution in [0.25, 0.3) is 11.5 Å². The van der Waals surface area contributed by atoms with Gasteiger partial charge >= 0.3 is 0 Å². The van der Waals surface area contributed by atoms with Crippen molar-refractivity contribution in [1.82, 2.24) is 10.1 Å². The topological polar surface area (TPSA) is 79.4 Å². The maximum absolute atomic E-state index is 9.64. The van der Waals surface area contributed by atoms with Crippen LogP contribution in [0.2, 0.25) is 0 Å². The lowest BCUT2D eigenvalue weighted by Crippen LogP contribution is -1.85. The minimum absolute atomic E-state index is 0.0802. The molecule has 0 aliphatic rings. The van der Waals surface area contributed by atoms with Crippen molar-refractivity contribution in [2.45, 2.75) is 12.7 Å². The van der Waals surface area contributed by atoms with Crippen LogP contribution >= 0.6 is 11.8 Å². The van der Waals surface area contributed by atoms with Crippen LogP contribution in [0.3, 0.4) is 0 Å². The minimum Gasteiger partial charge on any atom is -0.507 e. The summed E-state index contributed by atoms with van der Waals surface area (Å²) in [5.41, 5.74) is 0.174. The van der Waals surface area contributed by atoms with Crippen LogP contribution in [-0.4, -0.2) is 26.1 Å². The summed E-state index contributed by atoms with van der Waals surface area (Å²) in [5, 5.41) is 23.1. The van der Waals surface area contributed by atoms with E-state index in [1.165, 1.54) is 12.1 Å². The summed E-state index contributed by atoms with van der Waals surface area (Å²) >= 11 is 1.67. The molecule has 2 aromatic rings. The molecule has 6 heteroatoms. The van der Waals surface area contributed by atoms with Crippen LogP contribution < -0.4 is 0 Å². The molecule has 0 saturated carbocycles. The fourth-order valence-electron chi connectivity index (χ4n) is 1.35. The van der Waals surface area contributed by atoms with Gasteiger partial charge in [-0.25, -0.2) is 0 Å². The summed E-state index contributed by atoms with van der Waals surface area (Å²) in [5.74, 6) is 2.13. The van der Waals surface area contributed by atoms with Crippen LogP contribution in [0.5, 0.6) is 11.5 Å². The monoisotopic (exact) mass is 252 g/mol. The van der Waals surface area contributed by atoms with Gasteiger partial charge in [-0.05, 0) is 17.9 Å². The van der Waals surface area contributed by atoms with Crippen molar-refractivity contribution in [3.05, 3.63) is 24.0 Å². The van der Waals surface area contributed by atoms with E-state index in [2.05, 4.69) is 10.1 Å². The molecule has 2 rings (SSSR count). The molecule has 1 aromatic carbocycles. The molecule has 0 unspecified atom stereocenters. The predicted molar refractivity (Wildman–Crippen MR) is 64.9 cm³/mol. The van der Waals surface area contributed by atoms with Gasteiger partial charge in [0, 0.05) is 0 Å². The van der Waals surface area contributed by atoms with E-state index in [9.17, 15) is 10.2 Å². The van der Waals surface area contributed by atoms with Crippen LogP contribution in [0.1, 0.15) is 12.7 Å². The number of benzene rings is 1. The Morgan fingerprint density at radius 2 is 2.00 bits per heavy atom. The number of hydrogen-bond acceptors (Lipinski definition) is 6. The maximum atomic E-state index is 9.64. The van der Waals surface area contributed by atoms with E-state index in [1.54, 1.807) is 17.8 Å². The first kappa shape index (κ1) is 11.8. The summed E-state index contributed by atoms with van der Waals surface area (Å²) in [7, 11) is 0. The SMILES string of the molecule is CCSCc1noc(-c2c(O)cccc2O)n1. The van der Waals surface area contributed by atoms with E-state index in [-0.39, 0.29) is 23.0 Å². The smallest absolute Gasteiger partial charge is 0.265 e. The number of hydrogen-bond donors (Lipinski definition) is 2. The van der Waals surface area contributed by atoms with E-state index < -0.39 is 0 Å². The van der Waals surface area contributed by atoms with Crippen LogP contribution in [-0.2, 0) is 5.75 Å². The van der Waals surface area contributed by atoms with Crippen LogP contribution in [0.4, 0.5) is 0 Å². The van der Waals surface area contributed by atoms with Gasteiger partial charge in [0.1, 0.15) is 17.1 Å². The molecule has 0 aliphatic heterocycles.